The fraction of sp³-hybridized carbons (Fsp3) is 0.125. The van der Waals surface area contributed by atoms with Crippen LogP contribution < -0.4 is 5.32 Å². The van der Waals surface area contributed by atoms with Gasteiger partial charge in [0.15, 0.2) is 0 Å². The molecule has 2 N–H and O–H groups in total. The van der Waals surface area contributed by atoms with E-state index in [-0.39, 0.29) is 0 Å². The highest BCUT2D eigenvalue weighted by atomic mass is 35.5. The zero-order valence-corrected chi connectivity index (χ0v) is 12.3. The highest BCUT2D eigenvalue weighted by molar-refractivity contribution is 6.31. The summed E-state index contributed by atoms with van der Waals surface area (Å²) in [6.07, 6.45) is 3.04. The second-order valence-electron chi connectivity index (χ2n) is 4.69. The average molecular weight is 305 g/mol. The SMILES string of the molecule is Clc1ccc2c(c1)NCC2.Clc1ccc2cc[nH]c2c1. The number of hydrogen-bond donors (Lipinski definition) is 2. The Morgan fingerprint density at radius 2 is 1.70 bits per heavy atom. The molecule has 0 atom stereocenters. The first kappa shape index (κ1) is 13.3. The van der Waals surface area contributed by atoms with E-state index in [9.17, 15) is 0 Å². The van der Waals surface area contributed by atoms with Crippen LogP contribution in [0.25, 0.3) is 10.9 Å². The van der Waals surface area contributed by atoms with Crippen molar-refractivity contribution in [2.45, 2.75) is 6.42 Å². The van der Waals surface area contributed by atoms with Crippen molar-refractivity contribution >= 4 is 39.8 Å². The molecule has 1 aliphatic heterocycles. The summed E-state index contributed by atoms with van der Waals surface area (Å²) in [6.45, 7) is 1.05. The van der Waals surface area contributed by atoms with E-state index in [0.717, 1.165) is 28.5 Å². The number of halogens is 2. The van der Waals surface area contributed by atoms with E-state index in [4.69, 9.17) is 23.2 Å². The maximum absolute atomic E-state index is 5.78. The van der Waals surface area contributed by atoms with Gasteiger partial charge in [-0.1, -0.05) is 35.3 Å². The smallest absolute Gasteiger partial charge is 0.0468 e. The molecule has 0 spiro atoms. The molecule has 0 aliphatic carbocycles. The molecule has 2 nitrogen and oxygen atoms in total. The van der Waals surface area contributed by atoms with Crippen molar-refractivity contribution < 1.29 is 0 Å². The van der Waals surface area contributed by atoms with Crippen LogP contribution in [-0.4, -0.2) is 11.5 Å². The Labute approximate surface area is 127 Å². The number of H-pyrrole nitrogens is 1. The monoisotopic (exact) mass is 304 g/mol. The lowest BCUT2D eigenvalue weighted by atomic mass is 10.2. The Bertz CT molecular complexity index is 734. The van der Waals surface area contributed by atoms with E-state index in [0.29, 0.717) is 0 Å². The Hall–Kier alpha value is -1.64. The van der Waals surface area contributed by atoms with Gasteiger partial charge in [-0.25, -0.2) is 0 Å². The zero-order chi connectivity index (χ0) is 13.9. The van der Waals surface area contributed by atoms with Crippen molar-refractivity contribution in [3.8, 4) is 0 Å². The number of aromatic nitrogens is 1. The van der Waals surface area contributed by atoms with Crippen LogP contribution in [0, 0.1) is 0 Å². The molecule has 2 aromatic carbocycles. The second-order valence-corrected chi connectivity index (χ2v) is 5.56. The van der Waals surface area contributed by atoms with Gasteiger partial charge < -0.3 is 10.3 Å². The fourth-order valence-electron chi connectivity index (χ4n) is 2.28. The lowest BCUT2D eigenvalue weighted by Gasteiger charge is -1.97. The molecule has 0 saturated carbocycles. The first-order valence-corrected chi connectivity index (χ1v) is 7.23. The van der Waals surface area contributed by atoms with Gasteiger partial charge in [0.05, 0.1) is 0 Å². The van der Waals surface area contributed by atoms with Crippen molar-refractivity contribution in [3.05, 3.63) is 64.3 Å². The van der Waals surface area contributed by atoms with Crippen LogP contribution in [0.1, 0.15) is 5.56 Å². The molecule has 2 heterocycles. The lowest BCUT2D eigenvalue weighted by Crippen LogP contribution is -1.90. The van der Waals surface area contributed by atoms with Crippen molar-refractivity contribution in [2.75, 3.05) is 11.9 Å². The van der Waals surface area contributed by atoms with Crippen LogP contribution in [0.15, 0.2) is 48.7 Å². The number of nitrogens with one attached hydrogen (secondary N) is 2. The van der Waals surface area contributed by atoms with E-state index in [1.807, 2.05) is 42.6 Å². The Morgan fingerprint density at radius 3 is 2.60 bits per heavy atom. The number of hydrogen-bond acceptors (Lipinski definition) is 1. The normalized spacial score (nSPS) is 12.5. The van der Waals surface area contributed by atoms with Gasteiger partial charge in [-0.05, 0) is 47.7 Å². The van der Waals surface area contributed by atoms with Crippen LogP contribution in [-0.2, 0) is 6.42 Å². The van der Waals surface area contributed by atoms with Gasteiger partial charge in [0.25, 0.3) is 0 Å². The maximum atomic E-state index is 5.78. The molecule has 1 aliphatic rings. The minimum Gasteiger partial charge on any atom is -0.384 e. The van der Waals surface area contributed by atoms with Gasteiger partial charge in [-0.3, -0.25) is 0 Å². The van der Waals surface area contributed by atoms with Crippen molar-refractivity contribution in [1.82, 2.24) is 4.98 Å². The quantitative estimate of drug-likeness (QED) is 0.592. The van der Waals surface area contributed by atoms with Crippen LogP contribution in [0.4, 0.5) is 5.69 Å². The van der Waals surface area contributed by atoms with Gasteiger partial charge in [-0.15, -0.1) is 0 Å². The predicted molar refractivity (Wildman–Crippen MR) is 87.0 cm³/mol. The summed E-state index contributed by atoms with van der Waals surface area (Å²) in [5.41, 5.74) is 3.67. The molecule has 0 fully saturated rings. The standard InChI is InChI=1S/C8H8ClN.C8H6ClN/c2*9-7-2-1-6-3-4-10-8(6)5-7/h1-2,5,10H,3-4H2;1-5,10H. The summed E-state index contributed by atoms with van der Waals surface area (Å²) in [6, 6.07) is 13.8. The van der Waals surface area contributed by atoms with Gasteiger partial charge in [0, 0.05) is 34.0 Å². The third-order valence-corrected chi connectivity index (χ3v) is 3.77. The minimum absolute atomic E-state index is 0.773. The molecule has 4 heteroatoms. The predicted octanol–water partition coefficient (Wildman–Crippen LogP) is 5.13. The topological polar surface area (TPSA) is 27.8 Å². The molecule has 0 saturated heterocycles. The zero-order valence-electron chi connectivity index (χ0n) is 10.8. The summed E-state index contributed by atoms with van der Waals surface area (Å²) in [5.74, 6) is 0. The number of rotatable bonds is 0. The lowest BCUT2D eigenvalue weighted by molar-refractivity contribution is 1.11. The molecule has 0 radical (unpaired) electrons. The first-order valence-electron chi connectivity index (χ1n) is 6.47. The van der Waals surface area contributed by atoms with Crippen LogP contribution in [0.3, 0.4) is 0 Å². The van der Waals surface area contributed by atoms with Crippen LogP contribution in [0.2, 0.25) is 10.0 Å². The minimum atomic E-state index is 0.773. The van der Waals surface area contributed by atoms with E-state index in [1.165, 1.54) is 16.6 Å². The molecule has 0 amide bonds. The summed E-state index contributed by atoms with van der Waals surface area (Å²) in [5, 5.41) is 6.04. The van der Waals surface area contributed by atoms with Gasteiger partial charge in [0.1, 0.15) is 0 Å². The van der Waals surface area contributed by atoms with Gasteiger partial charge >= 0.3 is 0 Å². The molecule has 0 unspecified atom stereocenters. The largest absolute Gasteiger partial charge is 0.384 e. The molecule has 102 valence electrons. The molecule has 20 heavy (non-hydrogen) atoms. The summed E-state index contributed by atoms with van der Waals surface area (Å²) in [4.78, 5) is 3.08. The molecular weight excluding hydrogens is 291 g/mol. The van der Waals surface area contributed by atoms with Crippen LogP contribution in [0.5, 0.6) is 0 Å². The molecule has 1 aromatic heterocycles. The Kier molecular flexibility index (Phi) is 3.86. The number of anilines is 1. The fourth-order valence-corrected chi connectivity index (χ4v) is 2.63. The van der Waals surface area contributed by atoms with Crippen molar-refractivity contribution in [3.63, 3.8) is 0 Å². The van der Waals surface area contributed by atoms with Crippen molar-refractivity contribution in [1.29, 1.82) is 0 Å². The van der Waals surface area contributed by atoms with E-state index >= 15 is 0 Å². The Balaban J connectivity index is 0.000000121. The van der Waals surface area contributed by atoms with Gasteiger partial charge in [-0.2, -0.15) is 0 Å². The average Bonchev–Trinajstić information content (AvgIpc) is 3.06. The summed E-state index contributed by atoms with van der Waals surface area (Å²) < 4.78 is 0. The molecular formula is C16H14Cl2N2. The van der Waals surface area contributed by atoms with Crippen molar-refractivity contribution in [2.24, 2.45) is 0 Å². The van der Waals surface area contributed by atoms with E-state index in [2.05, 4.69) is 16.4 Å². The molecule has 0 bridgehead atoms. The molecule has 4 rings (SSSR count). The van der Waals surface area contributed by atoms with Gasteiger partial charge in [0.2, 0.25) is 0 Å². The number of fused-ring (bicyclic) bond motifs is 2. The summed E-state index contributed by atoms with van der Waals surface area (Å²) in [7, 11) is 0. The van der Waals surface area contributed by atoms with E-state index in [1.54, 1.807) is 0 Å². The van der Waals surface area contributed by atoms with Crippen LogP contribution >= 0.6 is 23.2 Å². The number of aromatic amines is 1. The maximum Gasteiger partial charge on any atom is 0.0468 e. The molecule has 3 aromatic rings. The highest BCUT2D eigenvalue weighted by Gasteiger charge is 2.08. The highest BCUT2D eigenvalue weighted by Crippen LogP contribution is 2.25. The van der Waals surface area contributed by atoms with E-state index < -0.39 is 0 Å². The second kappa shape index (κ2) is 5.78. The summed E-state index contributed by atoms with van der Waals surface area (Å²) >= 11 is 11.5. The first-order chi connectivity index (χ1) is 9.72. The third kappa shape index (κ3) is 2.92. The third-order valence-electron chi connectivity index (χ3n) is 3.30. The Morgan fingerprint density at radius 1 is 0.900 bits per heavy atom. The number of benzene rings is 2.